The van der Waals surface area contributed by atoms with Gasteiger partial charge in [0.1, 0.15) is 5.75 Å². The van der Waals surface area contributed by atoms with E-state index in [1.54, 1.807) is 18.9 Å². The highest BCUT2D eigenvalue weighted by molar-refractivity contribution is 7.99. The number of hydrogen-bond acceptors (Lipinski definition) is 3. The fraction of sp³-hybridized carbons (Fsp3) is 0.136. The SMILES string of the molecule is COc1ccc(Sc2ccc(C(C)NC(N)=O)cc2)cc1-c1cccc(Cl)c1. The van der Waals surface area contributed by atoms with Crippen LogP contribution in [0.4, 0.5) is 4.79 Å². The van der Waals surface area contributed by atoms with Crippen LogP contribution in [-0.4, -0.2) is 13.1 Å². The number of halogens is 1. The summed E-state index contributed by atoms with van der Waals surface area (Å²) in [6.07, 6.45) is 0. The molecule has 3 N–H and O–H groups in total. The van der Waals surface area contributed by atoms with Gasteiger partial charge in [-0.05, 0) is 60.5 Å². The van der Waals surface area contributed by atoms with E-state index in [-0.39, 0.29) is 6.04 Å². The molecule has 0 spiro atoms. The second-order valence-corrected chi connectivity index (χ2v) is 7.86. The summed E-state index contributed by atoms with van der Waals surface area (Å²) in [6.45, 7) is 1.90. The topological polar surface area (TPSA) is 64.3 Å². The van der Waals surface area contributed by atoms with Crippen molar-refractivity contribution in [1.82, 2.24) is 5.32 Å². The summed E-state index contributed by atoms with van der Waals surface area (Å²) < 4.78 is 5.52. The number of methoxy groups -OCH3 is 1. The highest BCUT2D eigenvalue weighted by Crippen LogP contribution is 2.37. The van der Waals surface area contributed by atoms with Gasteiger partial charge in [-0.2, -0.15) is 0 Å². The Kier molecular flexibility index (Phi) is 6.49. The number of benzene rings is 3. The number of nitrogens with two attached hydrogens (primary N) is 1. The maximum Gasteiger partial charge on any atom is 0.312 e. The predicted molar refractivity (Wildman–Crippen MR) is 115 cm³/mol. The molecule has 4 nitrogen and oxygen atoms in total. The lowest BCUT2D eigenvalue weighted by atomic mass is 10.0. The summed E-state index contributed by atoms with van der Waals surface area (Å²) in [4.78, 5) is 13.2. The van der Waals surface area contributed by atoms with Crippen molar-refractivity contribution in [2.45, 2.75) is 22.8 Å². The highest BCUT2D eigenvalue weighted by Gasteiger charge is 2.10. The van der Waals surface area contributed by atoms with Crippen LogP contribution >= 0.6 is 23.4 Å². The lowest BCUT2D eigenvalue weighted by Gasteiger charge is -2.13. The molecule has 0 fully saturated rings. The molecular formula is C22H21ClN2O2S. The normalized spacial score (nSPS) is 11.7. The number of carbonyl (C=O) groups is 1. The number of primary amides is 1. The van der Waals surface area contributed by atoms with Crippen molar-refractivity contribution in [3.63, 3.8) is 0 Å². The smallest absolute Gasteiger partial charge is 0.312 e. The molecule has 0 bridgehead atoms. The summed E-state index contributed by atoms with van der Waals surface area (Å²) in [6, 6.07) is 21.2. The minimum Gasteiger partial charge on any atom is -0.496 e. The maximum atomic E-state index is 11.0. The number of rotatable bonds is 6. The average Bonchev–Trinajstić information content (AvgIpc) is 2.68. The molecule has 3 aromatic rings. The Morgan fingerprint density at radius 3 is 2.43 bits per heavy atom. The summed E-state index contributed by atoms with van der Waals surface area (Å²) in [5.41, 5.74) is 8.18. The van der Waals surface area contributed by atoms with Crippen molar-refractivity contribution in [1.29, 1.82) is 0 Å². The Labute approximate surface area is 174 Å². The van der Waals surface area contributed by atoms with Crippen molar-refractivity contribution in [2.75, 3.05) is 7.11 Å². The van der Waals surface area contributed by atoms with Gasteiger partial charge in [0.15, 0.2) is 0 Å². The maximum absolute atomic E-state index is 11.0. The van der Waals surface area contributed by atoms with Gasteiger partial charge in [-0.1, -0.05) is 47.6 Å². The van der Waals surface area contributed by atoms with Crippen LogP contribution in [0.25, 0.3) is 11.1 Å². The van der Waals surface area contributed by atoms with E-state index in [4.69, 9.17) is 22.1 Å². The van der Waals surface area contributed by atoms with Crippen molar-refractivity contribution in [2.24, 2.45) is 5.73 Å². The molecule has 0 aliphatic rings. The third-order valence-corrected chi connectivity index (χ3v) is 5.51. The molecule has 3 aromatic carbocycles. The monoisotopic (exact) mass is 412 g/mol. The molecule has 0 aliphatic carbocycles. The summed E-state index contributed by atoms with van der Waals surface area (Å²) >= 11 is 7.81. The predicted octanol–water partition coefficient (Wildman–Crippen LogP) is 5.90. The quantitative estimate of drug-likeness (QED) is 0.530. The highest BCUT2D eigenvalue weighted by atomic mass is 35.5. The van der Waals surface area contributed by atoms with Crippen LogP contribution in [0, 0.1) is 0 Å². The third-order valence-electron chi connectivity index (χ3n) is 4.28. The lowest BCUT2D eigenvalue weighted by molar-refractivity contribution is 0.246. The van der Waals surface area contributed by atoms with Gasteiger partial charge >= 0.3 is 6.03 Å². The van der Waals surface area contributed by atoms with Crippen molar-refractivity contribution < 1.29 is 9.53 Å². The van der Waals surface area contributed by atoms with Gasteiger partial charge < -0.3 is 15.8 Å². The van der Waals surface area contributed by atoms with Crippen molar-refractivity contribution in [3.05, 3.63) is 77.3 Å². The average molecular weight is 413 g/mol. The van der Waals surface area contributed by atoms with Crippen LogP contribution in [0.15, 0.2) is 76.5 Å². The number of urea groups is 1. The van der Waals surface area contributed by atoms with E-state index >= 15 is 0 Å². The fourth-order valence-electron chi connectivity index (χ4n) is 2.89. The fourth-order valence-corrected chi connectivity index (χ4v) is 3.94. The first-order valence-electron chi connectivity index (χ1n) is 8.74. The third kappa shape index (κ3) is 5.00. The zero-order chi connectivity index (χ0) is 20.1. The molecule has 0 saturated carbocycles. The van der Waals surface area contributed by atoms with Gasteiger partial charge in [0.2, 0.25) is 0 Å². The van der Waals surface area contributed by atoms with Crippen LogP contribution in [0.1, 0.15) is 18.5 Å². The molecule has 0 aromatic heterocycles. The molecular weight excluding hydrogens is 392 g/mol. The Morgan fingerprint density at radius 2 is 1.79 bits per heavy atom. The number of ether oxygens (including phenoxy) is 1. The van der Waals surface area contributed by atoms with Gasteiger partial charge in [0.25, 0.3) is 0 Å². The van der Waals surface area contributed by atoms with Crippen molar-refractivity contribution in [3.8, 4) is 16.9 Å². The van der Waals surface area contributed by atoms with E-state index in [1.165, 1.54) is 0 Å². The van der Waals surface area contributed by atoms with Crippen LogP contribution in [0.3, 0.4) is 0 Å². The first-order valence-corrected chi connectivity index (χ1v) is 9.93. The van der Waals surface area contributed by atoms with Gasteiger partial charge in [-0.3, -0.25) is 0 Å². The molecule has 1 unspecified atom stereocenters. The molecule has 0 heterocycles. The van der Waals surface area contributed by atoms with Gasteiger partial charge in [0, 0.05) is 20.4 Å². The summed E-state index contributed by atoms with van der Waals surface area (Å²) in [7, 11) is 1.66. The molecule has 28 heavy (non-hydrogen) atoms. The summed E-state index contributed by atoms with van der Waals surface area (Å²) in [5.74, 6) is 0.799. The second-order valence-electron chi connectivity index (χ2n) is 6.27. The minimum atomic E-state index is -0.530. The van der Waals surface area contributed by atoms with Gasteiger partial charge in [-0.25, -0.2) is 4.79 Å². The van der Waals surface area contributed by atoms with Crippen molar-refractivity contribution >= 4 is 29.4 Å². The molecule has 2 amide bonds. The van der Waals surface area contributed by atoms with E-state index in [0.29, 0.717) is 5.02 Å². The minimum absolute atomic E-state index is 0.132. The standard InChI is InChI=1S/C22H21ClN2O2S/c1-14(25-22(24)26)15-6-8-18(9-7-15)28-19-10-11-21(27-2)20(13-19)16-4-3-5-17(23)12-16/h3-14H,1-2H3,(H3,24,25,26). The number of carbonyl (C=O) groups excluding carboxylic acids is 1. The first kappa shape index (κ1) is 20.1. The Morgan fingerprint density at radius 1 is 1.07 bits per heavy atom. The largest absolute Gasteiger partial charge is 0.496 e. The van der Waals surface area contributed by atoms with Crippen LogP contribution in [0.5, 0.6) is 5.75 Å². The number of hydrogen-bond donors (Lipinski definition) is 2. The summed E-state index contributed by atoms with van der Waals surface area (Å²) in [5, 5.41) is 3.37. The van der Waals surface area contributed by atoms with E-state index in [9.17, 15) is 4.79 Å². The first-order chi connectivity index (χ1) is 13.5. The van der Waals surface area contributed by atoms with Crippen LogP contribution in [-0.2, 0) is 0 Å². The molecule has 0 saturated heterocycles. The van der Waals surface area contributed by atoms with Gasteiger partial charge in [0.05, 0.1) is 13.2 Å². The molecule has 144 valence electrons. The van der Waals surface area contributed by atoms with E-state index in [1.807, 2.05) is 67.6 Å². The molecule has 0 aliphatic heterocycles. The second kappa shape index (κ2) is 9.04. The lowest BCUT2D eigenvalue weighted by Crippen LogP contribution is -2.31. The molecule has 1 atom stereocenters. The zero-order valence-corrected chi connectivity index (χ0v) is 17.2. The number of nitrogens with one attached hydrogen (secondary N) is 1. The van der Waals surface area contributed by atoms with E-state index in [2.05, 4.69) is 11.4 Å². The Bertz CT molecular complexity index is 977. The molecule has 6 heteroatoms. The Hall–Kier alpha value is -2.63. The molecule has 0 radical (unpaired) electrons. The van der Waals surface area contributed by atoms with E-state index in [0.717, 1.165) is 32.2 Å². The molecule has 3 rings (SSSR count). The Balaban J connectivity index is 1.83. The van der Waals surface area contributed by atoms with E-state index < -0.39 is 6.03 Å². The van der Waals surface area contributed by atoms with Crippen LogP contribution in [0.2, 0.25) is 5.02 Å². The van der Waals surface area contributed by atoms with Gasteiger partial charge in [-0.15, -0.1) is 0 Å². The zero-order valence-electron chi connectivity index (χ0n) is 15.6. The van der Waals surface area contributed by atoms with Crippen LogP contribution < -0.4 is 15.8 Å². The number of amides is 2.